The van der Waals surface area contributed by atoms with E-state index in [-0.39, 0.29) is 0 Å². The molecule has 0 saturated carbocycles. The number of aromatic nitrogens is 5. The molecule has 0 amide bonds. The van der Waals surface area contributed by atoms with Crippen LogP contribution in [0, 0.1) is 6.92 Å². The molecule has 0 fully saturated rings. The second-order valence-electron chi connectivity index (χ2n) is 4.56. The molecule has 0 unspecified atom stereocenters. The van der Waals surface area contributed by atoms with Gasteiger partial charge in [0.05, 0.1) is 12.7 Å². The molecule has 2 heterocycles. The van der Waals surface area contributed by atoms with E-state index in [1.165, 1.54) is 0 Å². The lowest BCUT2D eigenvalue weighted by Gasteiger charge is -1.99. The van der Waals surface area contributed by atoms with E-state index in [4.69, 9.17) is 10.3 Å². The Morgan fingerprint density at radius 2 is 2.24 bits per heavy atom. The minimum atomic E-state index is 0.334. The highest BCUT2D eigenvalue weighted by Crippen LogP contribution is 2.28. The Hall–Kier alpha value is -2.06. The van der Waals surface area contributed by atoms with Crippen LogP contribution in [0.3, 0.4) is 0 Å². The van der Waals surface area contributed by atoms with Gasteiger partial charge in [-0.15, -0.1) is 5.10 Å². The van der Waals surface area contributed by atoms with Gasteiger partial charge < -0.3 is 10.3 Å². The quantitative estimate of drug-likeness (QED) is 0.774. The van der Waals surface area contributed by atoms with Crippen LogP contribution < -0.4 is 5.73 Å². The minimum absolute atomic E-state index is 0.334. The first kappa shape index (κ1) is 13.9. The summed E-state index contributed by atoms with van der Waals surface area (Å²) >= 11 is 3.51. The van der Waals surface area contributed by atoms with Gasteiger partial charge >= 0.3 is 0 Å². The molecule has 108 valence electrons. The molecule has 0 bridgehead atoms. The van der Waals surface area contributed by atoms with Gasteiger partial charge in [0.2, 0.25) is 5.82 Å². The molecule has 0 aliphatic heterocycles. The second kappa shape index (κ2) is 5.74. The van der Waals surface area contributed by atoms with Crippen molar-refractivity contribution < 1.29 is 4.52 Å². The highest BCUT2D eigenvalue weighted by molar-refractivity contribution is 9.10. The van der Waals surface area contributed by atoms with Crippen LogP contribution in [-0.2, 0) is 6.54 Å². The van der Waals surface area contributed by atoms with Gasteiger partial charge in [-0.2, -0.15) is 4.98 Å². The summed E-state index contributed by atoms with van der Waals surface area (Å²) in [5, 5.41) is 11.9. The van der Waals surface area contributed by atoms with Crippen LogP contribution in [-0.4, -0.2) is 31.7 Å². The summed E-state index contributed by atoms with van der Waals surface area (Å²) in [6.45, 7) is 3.11. The summed E-state index contributed by atoms with van der Waals surface area (Å²) < 4.78 is 7.81. The van der Waals surface area contributed by atoms with Crippen LogP contribution in [0.2, 0.25) is 0 Å². The molecule has 0 aliphatic rings. The number of rotatable bonds is 4. The largest absolute Gasteiger partial charge is 0.332 e. The molecule has 2 N–H and O–H groups in total. The van der Waals surface area contributed by atoms with Gasteiger partial charge in [-0.05, 0) is 24.6 Å². The molecule has 3 rings (SSSR count). The number of hydrogen-bond donors (Lipinski definition) is 1. The van der Waals surface area contributed by atoms with E-state index in [2.05, 4.69) is 36.4 Å². The zero-order valence-electron chi connectivity index (χ0n) is 11.3. The van der Waals surface area contributed by atoms with Crippen molar-refractivity contribution in [1.82, 2.24) is 25.1 Å². The summed E-state index contributed by atoms with van der Waals surface area (Å²) in [7, 11) is 0. The maximum Gasteiger partial charge on any atom is 0.280 e. The van der Waals surface area contributed by atoms with Gasteiger partial charge in [0, 0.05) is 16.6 Å². The SMILES string of the molecule is Cc1ccc(-c2noc(-c3cn(CCN)nn3)n2)c(Br)c1. The standard InChI is InChI=1S/C13H13BrN6O/c1-8-2-3-9(10(14)6-8)12-16-13(21-18-12)11-7-20(5-4-15)19-17-11/h2-3,6-7H,4-5,15H2,1H3. The normalized spacial score (nSPS) is 11.0. The first-order valence-electron chi connectivity index (χ1n) is 6.38. The fraction of sp³-hybridized carbons (Fsp3) is 0.231. The van der Waals surface area contributed by atoms with E-state index < -0.39 is 0 Å². The number of nitrogens with zero attached hydrogens (tertiary/aromatic N) is 5. The van der Waals surface area contributed by atoms with E-state index in [1.807, 2.05) is 25.1 Å². The first-order chi connectivity index (χ1) is 10.2. The molecule has 0 saturated heterocycles. The Morgan fingerprint density at radius 1 is 1.38 bits per heavy atom. The summed E-state index contributed by atoms with van der Waals surface area (Å²) in [6, 6.07) is 5.94. The fourth-order valence-corrected chi connectivity index (χ4v) is 2.55. The van der Waals surface area contributed by atoms with Crippen molar-refractivity contribution in [1.29, 1.82) is 0 Å². The summed E-state index contributed by atoms with van der Waals surface area (Å²) in [5.41, 5.74) is 8.02. The maximum atomic E-state index is 5.47. The minimum Gasteiger partial charge on any atom is -0.332 e. The number of aryl methyl sites for hydroxylation is 1. The fourth-order valence-electron chi connectivity index (χ4n) is 1.88. The third kappa shape index (κ3) is 2.86. The second-order valence-corrected chi connectivity index (χ2v) is 5.42. The lowest BCUT2D eigenvalue weighted by atomic mass is 10.1. The van der Waals surface area contributed by atoms with Crippen molar-refractivity contribution >= 4 is 15.9 Å². The molecule has 3 aromatic rings. The summed E-state index contributed by atoms with van der Waals surface area (Å²) in [6.07, 6.45) is 1.73. The zero-order valence-corrected chi connectivity index (χ0v) is 12.9. The van der Waals surface area contributed by atoms with Gasteiger partial charge in [0.15, 0.2) is 5.69 Å². The van der Waals surface area contributed by atoms with Crippen LogP contribution in [0.4, 0.5) is 0 Å². The molecule has 7 nitrogen and oxygen atoms in total. The Balaban J connectivity index is 1.91. The van der Waals surface area contributed by atoms with E-state index in [9.17, 15) is 0 Å². The average Bonchev–Trinajstić information content (AvgIpc) is 3.08. The van der Waals surface area contributed by atoms with Crippen molar-refractivity contribution in [2.24, 2.45) is 5.73 Å². The third-order valence-electron chi connectivity index (χ3n) is 2.91. The molecule has 2 aromatic heterocycles. The Bertz CT molecular complexity index is 766. The van der Waals surface area contributed by atoms with Crippen molar-refractivity contribution in [2.45, 2.75) is 13.5 Å². The number of hydrogen-bond acceptors (Lipinski definition) is 6. The predicted octanol–water partition coefficient (Wildman–Crippen LogP) is 2.02. The number of benzene rings is 1. The summed E-state index contributed by atoms with van der Waals surface area (Å²) in [4.78, 5) is 4.36. The van der Waals surface area contributed by atoms with Crippen LogP contribution in [0.5, 0.6) is 0 Å². The highest BCUT2D eigenvalue weighted by atomic mass is 79.9. The maximum absolute atomic E-state index is 5.47. The van der Waals surface area contributed by atoms with Gasteiger partial charge in [-0.25, -0.2) is 0 Å². The Kier molecular flexibility index (Phi) is 3.80. The Morgan fingerprint density at radius 3 is 3.00 bits per heavy atom. The van der Waals surface area contributed by atoms with Crippen LogP contribution >= 0.6 is 15.9 Å². The smallest absolute Gasteiger partial charge is 0.280 e. The molecule has 8 heteroatoms. The summed E-state index contributed by atoms with van der Waals surface area (Å²) in [5.74, 6) is 0.839. The van der Waals surface area contributed by atoms with Crippen LogP contribution in [0.15, 0.2) is 33.4 Å². The van der Waals surface area contributed by atoms with E-state index >= 15 is 0 Å². The van der Waals surface area contributed by atoms with Crippen LogP contribution in [0.1, 0.15) is 5.56 Å². The van der Waals surface area contributed by atoms with Gasteiger partial charge in [-0.3, -0.25) is 4.68 Å². The molecule has 0 spiro atoms. The molecular formula is C13H13BrN6O. The van der Waals surface area contributed by atoms with Crippen molar-refractivity contribution in [3.63, 3.8) is 0 Å². The molecule has 0 aliphatic carbocycles. The predicted molar refractivity (Wildman–Crippen MR) is 80.2 cm³/mol. The van der Waals surface area contributed by atoms with Gasteiger partial charge in [0.25, 0.3) is 5.89 Å². The van der Waals surface area contributed by atoms with Crippen molar-refractivity contribution in [2.75, 3.05) is 6.54 Å². The topological polar surface area (TPSA) is 95.7 Å². The molecule has 0 atom stereocenters. The number of nitrogens with two attached hydrogens (primary N) is 1. The monoisotopic (exact) mass is 348 g/mol. The van der Waals surface area contributed by atoms with E-state index in [1.54, 1.807) is 10.9 Å². The highest BCUT2D eigenvalue weighted by Gasteiger charge is 2.15. The molecule has 21 heavy (non-hydrogen) atoms. The average molecular weight is 349 g/mol. The molecule has 0 radical (unpaired) electrons. The molecule has 1 aromatic carbocycles. The molecular weight excluding hydrogens is 336 g/mol. The van der Waals surface area contributed by atoms with Gasteiger partial charge in [-0.1, -0.05) is 32.4 Å². The lowest BCUT2D eigenvalue weighted by molar-refractivity contribution is 0.431. The van der Waals surface area contributed by atoms with Crippen LogP contribution in [0.25, 0.3) is 23.0 Å². The van der Waals surface area contributed by atoms with E-state index in [0.717, 1.165) is 15.6 Å². The number of halogens is 1. The zero-order chi connectivity index (χ0) is 14.8. The van der Waals surface area contributed by atoms with Gasteiger partial charge in [0.1, 0.15) is 0 Å². The van der Waals surface area contributed by atoms with Crippen molar-refractivity contribution in [3.8, 4) is 23.0 Å². The van der Waals surface area contributed by atoms with E-state index in [0.29, 0.717) is 30.5 Å². The third-order valence-corrected chi connectivity index (χ3v) is 3.56. The Labute approximate surface area is 129 Å². The first-order valence-corrected chi connectivity index (χ1v) is 7.17. The lowest BCUT2D eigenvalue weighted by Crippen LogP contribution is -2.10. The van der Waals surface area contributed by atoms with Crippen molar-refractivity contribution in [3.05, 3.63) is 34.4 Å².